The number of anilines is 1. The molecule has 0 saturated heterocycles. The van der Waals surface area contributed by atoms with Gasteiger partial charge in [-0.1, -0.05) is 24.3 Å². The van der Waals surface area contributed by atoms with Crippen LogP contribution in [0.2, 0.25) is 0 Å². The van der Waals surface area contributed by atoms with Crippen molar-refractivity contribution in [2.45, 2.75) is 19.4 Å². The Bertz CT molecular complexity index is 595. The van der Waals surface area contributed by atoms with Crippen molar-refractivity contribution >= 4 is 5.69 Å². The van der Waals surface area contributed by atoms with E-state index in [0.29, 0.717) is 0 Å². The second-order valence-electron chi connectivity index (χ2n) is 5.03. The first-order valence-corrected chi connectivity index (χ1v) is 6.37. The van der Waals surface area contributed by atoms with Gasteiger partial charge in [0, 0.05) is 5.69 Å². The molecule has 0 spiro atoms. The zero-order chi connectivity index (χ0) is 14.8. The standard InChI is InChI=1S/C16H17F2NO/c1-11-6-3-4-9-14(11)19-16(2,10-20)15-12(17)7-5-8-13(15)18/h3-9,19-20H,10H2,1-2H3. The number of nitrogens with one attached hydrogen (secondary N) is 1. The molecular formula is C16H17F2NO. The molecule has 1 atom stereocenters. The van der Waals surface area contributed by atoms with Crippen LogP contribution >= 0.6 is 0 Å². The molecule has 2 aromatic rings. The fourth-order valence-corrected chi connectivity index (χ4v) is 2.22. The van der Waals surface area contributed by atoms with Crippen molar-refractivity contribution in [3.63, 3.8) is 0 Å². The first-order valence-electron chi connectivity index (χ1n) is 6.37. The lowest BCUT2D eigenvalue weighted by Gasteiger charge is -2.31. The summed E-state index contributed by atoms with van der Waals surface area (Å²) in [5.41, 5.74) is 0.267. The predicted octanol–water partition coefficient (Wildman–Crippen LogP) is 3.59. The SMILES string of the molecule is Cc1ccccc1NC(C)(CO)c1c(F)cccc1F. The molecule has 0 aliphatic rings. The number of halogens is 2. The van der Waals surface area contributed by atoms with E-state index in [9.17, 15) is 13.9 Å². The van der Waals surface area contributed by atoms with Crippen LogP contribution in [0.4, 0.5) is 14.5 Å². The van der Waals surface area contributed by atoms with E-state index < -0.39 is 23.8 Å². The molecule has 4 heteroatoms. The number of hydrogen-bond acceptors (Lipinski definition) is 2. The molecule has 106 valence electrons. The molecule has 0 radical (unpaired) electrons. The van der Waals surface area contributed by atoms with Crippen LogP contribution in [0, 0.1) is 18.6 Å². The van der Waals surface area contributed by atoms with E-state index in [2.05, 4.69) is 5.32 Å². The Labute approximate surface area is 117 Å². The van der Waals surface area contributed by atoms with E-state index in [-0.39, 0.29) is 5.56 Å². The maximum Gasteiger partial charge on any atom is 0.131 e. The van der Waals surface area contributed by atoms with Gasteiger partial charge in [-0.15, -0.1) is 0 Å². The number of aryl methyl sites for hydroxylation is 1. The molecule has 20 heavy (non-hydrogen) atoms. The third-order valence-corrected chi connectivity index (χ3v) is 3.39. The first kappa shape index (κ1) is 14.5. The Morgan fingerprint density at radius 3 is 2.20 bits per heavy atom. The van der Waals surface area contributed by atoms with E-state index in [0.717, 1.165) is 11.3 Å². The Balaban J connectivity index is 2.47. The van der Waals surface area contributed by atoms with Gasteiger partial charge in [0.25, 0.3) is 0 Å². The summed E-state index contributed by atoms with van der Waals surface area (Å²) in [4.78, 5) is 0. The van der Waals surface area contributed by atoms with Crippen molar-refractivity contribution in [3.05, 3.63) is 65.2 Å². The summed E-state index contributed by atoms with van der Waals surface area (Å²) in [5, 5.41) is 12.7. The van der Waals surface area contributed by atoms with Gasteiger partial charge in [0.1, 0.15) is 11.6 Å². The number of para-hydroxylation sites is 1. The molecule has 0 amide bonds. The number of rotatable bonds is 4. The van der Waals surface area contributed by atoms with Crippen LogP contribution in [-0.4, -0.2) is 11.7 Å². The fourth-order valence-electron chi connectivity index (χ4n) is 2.22. The van der Waals surface area contributed by atoms with Crippen molar-refractivity contribution in [2.75, 3.05) is 11.9 Å². The average molecular weight is 277 g/mol. The lowest BCUT2D eigenvalue weighted by atomic mass is 9.91. The highest BCUT2D eigenvalue weighted by Crippen LogP contribution is 2.31. The van der Waals surface area contributed by atoms with Crippen LogP contribution in [0.15, 0.2) is 42.5 Å². The summed E-state index contributed by atoms with van der Waals surface area (Å²) < 4.78 is 27.9. The van der Waals surface area contributed by atoms with E-state index >= 15 is 0 Å². The van der Waals surface area contributed by atoms with Gasteiger partial charge in [-0.05, 0) is 37.6 Å². The molecule has 1 unspecified atom stereocenters. The molecular weight excluding hydrogens is 260 g/mol. The highest BCUT2D eigenvalue weighted by molar-refractivity contribution is 5.53. The summed E-state index contributed by atoms with van der Waals surface area (Å²) in [6.07, 6.45) is 0. The molecule has 0 bridgehead atoms. The van der Waals surface area contributed by atoms with Gasteiger partial charge in [-0.3, -0.25) is 0 Å². The molecule has 2 rings (SSSR count). The summed E-state index contributed by atoms with van der Waals surface area (Å²) in [7, 11) is 0. The van der Waals surface area contributed by atoms with Crippen molar-refractivity contribution < 1.29 is 13.9 Å². The summed E-state index contributed by atoms with van der Waals surface area (Å²) in [6.45, 7) is 3.03. The van der Waals surface area contributed by atoms with Gasteiger partial charge in [0.05, 0.1) is 17.7 Å². The normalized spacial score (nSPS) is 13.8. The molecule has 0 aromatic heterocycles. The van der Waals surface area contributed by atoms with Gasteiger partial charge in [-0.2, -0.15) is 0 Å². The Morgan fingerprint density at radius 1 is 1.05 bits per heavy atom. The zero-order valence-electron chi connectivity index (χ0n) is 11.5. The van der Waals surface area contributed by atoms with E-state index in [1.165, 1.54) is 18.2 Å². The maximum atomic E-state index is 13.9. The van der Waals surface area contributed by atoms with E-state index in [4.69, 9.17) is 0 Å². The Morgan fingerprint density at radius 2 is 1.65 bits per heavy atom. The molecule has 0 fully saturated rings. The van der Waals surface area contributed by atoms with Crippen molar-refractivity contribution in [2.24, 2.45) is 0 Å². The molecule has 0 aliphatic carbocycles. The highest BCUT2D eigenvalue weighted by atomic mass is 19.1. The van der Waals surface area contributed by atoms with Crippen LogP contribution < -0.4 is 5.32 Å². The van der Waals surface area contributed by atoms with Crippen LogP contribution in [-0.2, 0) is 5.54 Å². The van der Waals surface area contributed by atoms with Gasteiger partial charge in [0.15, 0.2) is 0 Å². The summed E-state index contributed by atoms with van der Waals surface area (Å²) in [6, 6.07) is 11.1. The third kappa shape index (κ3) is 2.65. The molecule has 0 saturated carbocycles. The van der Waals surface area contributed by atoms with Crippen molar-refractivity contribution in [1.82, 2.24) is 0 Å². The topological polar surface area (TPSA) is 32.3 Å². The third-order valence-electron chi connectivity index (χ3n) is 3.39. The fraction of sp³-hybridized carbons (Fsp3) is 0.250. The Kier molecular flexibility index (Phi) is 4.04. The molecule has 2 N–H and O–H groups in total. The van der Waals surface area contributed by atoms with Gasteiger partial charge < -0.3 is 10.4 Å². The number of aliphatic hydroxyl groups is 1. The predicted molar refractivity (Wildman–Crippen MR) is 75.6 cm³/mol. The van der Waals surface area contributed by atoms with Crippen LogP contribution in [0.1, 0.15) is 18.1 Å². The number of aliphatic hydroxyl groups excluding tert-OH is 1. The maximum absolute atomic E-state index is 13.9. The van der Waals surface area contributed by atoms with Crippen LogP contribution in [0.25, 0.3) is 0 Å². The highest BCUT2D eigenvalue weighted by Gasteiger charge is 2.32. The molecule has 0 aliphatic heterocycles. The van der Waals surface area contributed by atoms with Crippen LogP contribution in [0.3, 0.4) is 0 Å². The quantitative estimate of drug-likeness (QED) is 0.895. The second kappa shape index (κ2) is 5.59. The second-order valence-corrected chi connectivity index (χ2v) is 5.03. The number of hydrogen-bond donors (Lipinski definition) is 2. The monoisotopic (exact) mass is 277 g/mol. The summed E-state index contributed by atoms with van der Waals surface area (Å²) in [5.74, 6) is -1.36. The molecule has 0 heterocycles. The largest absolute Gasteiger partial charge is 0.394 e. The minimum atomic E-state index is -1.23. The minimum absolute atomic E-state index is 0.161. The lowest BCUT2D eigenvalue weighted by molar-refractivity contribution is 0.216. The first-order chi connectivity index (χ1) is 9.48. The van der Waals surface area contributed by atoms with Gasteiger partial charge in [0.2, 0.25) is 0 Å². The molecule has 2 aromatic carbocycles. The van der Waals surface area contributed by atoms with E-state index in [1.807, 2.05) is 31.2 Å². The van der Waals surface area contributed by atoms with Crippen molar-refractivity contribution in [1.29, 1.82) is 0 Å². The van der Waals surface area contributed by atoms with Gasteiger partial charge >= 0.3 is 0 Å². The molecule has 2 nitrogen and oxygen atoms in total. The Hall–Kier alpha value is -1.94. The number of benzene rings is 2. The minimum Gasteiger partial charge on any atom is -0.394 e. The zero-order valence-corrected chi connectivity index (χ0v) is 11.5. The average Bonchev–Trinajstić information content (AvgIpc) is 2.41. The summed E-state index contributed by atoms with van der Waals surface area (Å²) >= 11 is 0. The lowest BCUT2D eigenvalue weighted by Crippen LogP contribution is -2.38. The van der Waals surface area contributed by atoms with Gasteiger partial charge in [-0.25, -0.2) is 8.78 Å². The van der Waals surface area contributed by atoms with Crippen molar-refractivity contribution in [3.8, 4) is 0 Å². The van der Waals surface area contributed by atoms with Crippen LogP contribution in [0.5, 0.6) is 0 Å². The smallest absolute Gasteiger partial charge is 0.131 e. The van der Waals surface area contributed by atoms with E-state index in [1.54, 1.807) is 6.92 Å².